The quantitative estimate of drug-likeness (QED) is 0.393. The van der Waals surface area contributed by atoms with Crippen molar-refractivity contribution in [2.24, 2.45) is 5.73 Å². The summed E-state index contributed by atoms with van der Waals surface area (Å²) in [5, 5.41) is 5.57. The van der Waals surface area contributed by atoms with E-state index in [0.29, 0.717) is 30.1 Å². The normalized spacial score (nSPS) is 9.95. The largest absolute Gasteiger partial charge is 0.399 e. The molecule has 2 amide bonds. The molecule has 0 aromatic heterocycles. The molecule has 0 bridgehead atoms. The van der Waals surface area contributed by atoms with E-state index in [1.807, 2.05) is 0 Å². The van der Waals surface area contributed by atoms with Gasteiger partial charge in [0.1, 0.15) is 6.61 Å². The van der Waals surface area contributed by atoms with Gasteiger partial charge in [-0.25, -0.2) is 0 Å². The summed E-state index contributed by atoms with van der Waals surface area (Å²) in [6.45, 7) is 0.604. The average Bonchev–Trinajstić information content (AvgIpc) is 2.37. The Kier molecular flexibility index (Phi) is 5.62. The fourth-order valence-electron chi connectivity index (χ4n) is 1.47. The molecule has 0 aliphatic carbocycles. The molecule has 6 N–H and O–H groups in total. The Balaban J connectivity index is 2.58. The molecule has 0 fully saturated rings. The summed E-state index contributed by atoms with van der Waals surface area (Å²) >= 11 is 0. The second-order valence-electron chi connectivity index (χ2n) is 3.83. The van der Waals surface area contributed by atoms with Crippen molar-refractivity contribution in [3.63, 3.8) is 0 Å². The molecule has 0 heterocycles. The molecule has 0 aliphatic heterocycles. The van der Waals surface area contributed by atoms with Crippen LogP contribution < -0.4 is 22.1 Å². The van der Waals surface area contributed by atoms with Gasteiger partial charge in [-0.3, -0.25) is 9.59 Å². The summed E-state index contributed by atoms with van der Waals surface area (Å²) in [4.78, 5) is 22.1. The van der Waals surface area contributed by atoms with Gasteiger partial charge in [-0.2, -0.15) is 0 Å². The smallest absolute Gasteiger partial charge is 0.253 e. The second kappa shape index (κ2) is 7.22. The van der Waals surface area contributed by atoms with Crippen LogP contribution in [0.2, 0.25) is 0 Å². The molecule has 104 valence electrons. The SMILES string of the molecule is CNC(=O)c1ccc(N)cc1NCCOCC(N)=O. The maximum Gasteiger partial charge on any atom is 0.253 e. The minimum absolute atomic E-state index is 0.124. The Morgan fingerprint density at radius 1 is 1.37 bits per heavy atom. The number of nitrogens with two attached hydrogens (primary N) is 2. The van der Waals surface area contributed by atoms with Crippen LogP contribution in [0.5, 0.6) is 0 Å². The van der Waals surface area contributed by atoms with Crippen molar-refractivity contribution in [2.75, 3.05) is 37.9 Å². The summed E-state index contributed by atoms with van der Waals surface area (Å²) in [6.07, 6.45) is 0. The van der Waals surface area contributed by atoms with Crippen molar-refractivity contribution in [3.8, 4) is 0 Å². The highest BCUT2D eigenvalue weighted by atomic mass is 16.5. The lowest BCUT2D eigenvalue weighted by molar-refractivity contribution is -0.122. The van der Waals surface area contributed by atoms with Gasteiger partial charge in [-0.1, -0.05) is 0 Å². The molecule has 7 heteroatoms. The predicted octanol–water partition coefficient (Wildman–Crippen LogP) is -0.458. The Bertz CT molecular complexity index is 462. The van der Waals surface area contributed by atoms with E-state index in [-0.39, 0.29) is 12.5 Å². The van der Waals surface area contributed by atoms with Crippen molar-refractivity contribution in [1.29, 1.82) is 0 Å². The zero-order valence-electron chi connectivity index (χ0n) is 10.7. The zero-order valence-corrected chi connectivity index (χ0v) is 10.7. The number of primary amides is 1. The average molecular weight is 266 g/mol. The molecule has 0 saturated carbocycles. The van der Waals surface area contributed by atoms with Gasteiger partial charge in [-0.05, 0) is 18.2 Å². The standard InChI is InChI=1S/C12H18N4O3/c1-15-12(18)9-3-2-8(13)6-10(9)16-4-5-19-7-11(14)17/h2-3,6,16H,4-5,7,13H2,1H3,(H2,14,17)(H,15,18). The fourth-order valence-corrected chi connectivity index (χ4v) is 1.47. The Morgan fingerprint density at radius 2 is 2.11 bits per heavy atom. The summed E-state index contributed by atoms with van der Waals surface area (Å²) in [5.41, 5.74) is 12.3. The molecule has 0 atom stereocenters. The molecule has 0 spiro atoms. The lowest BCUT2D eigenvalue weighted by Crippen LogP contribution is -2.22. The molecule has 1 rings (SSSR count). The van der Waals surface area contributed by atoms with Gasteiger partial charge in [0.2, 0.25) is 5.91 Å². The van der Waals surface area contributed by atoms with Gasteiger partial charge in [0.15, 0.2) is 0 Å². The lowest BCUT2D eigenvalue weighted by Gasteiger charge is -2.12. The van der Waals surface area contributed by atoms with Crippen LogP contribution in [-0.2, 0) is 9.53 Å². The molecule has 1 aromatic rings. The highest BCUT2D eigenvalue weighted by molar-refractivity contribution is 6.00. The molecule has 0 saturated heterocycles. The van der Waals surface area contributed by atoms with Crippen LogP contribution in [0.25, 0.3) is 0 Å². The molecule has 1 aromatic carbocycles. The highest BCUT2D eigenvalue weighted by Gasteiger charge is 2.09. The van der Waals surface area contributed by atoms with Gasteiger partial charge >= 0.3 is 0 Å². The van der Waals surface area contributed by atoms with E-state index in [0.717, 1.165) is 0 Å². The maximum absolute atomic E-state index is 11.6. The van der Waals surface area contributed by atoms with Crippen LogP contribution in [0.4, 0.5) is 11.4 Å². The Labute approximate surface area is 111 Å². The van der Waals surface area contributed by atoms with Gasteiger partial charge in [-0.15, -0.1) is 0 Å². The molecule has 0 unspecified atom stereocenters. The number of hydrogen-bond donors (Lipinski definition) is 4. The first-order chi connectivity index (χ1) is 9.04. The molecular formula is C12H18N4O3. The van der Waals surface area contributed by atoms with Crippen LogP contribution in [0, 0.1) is 0 Å². The topological polar surface area (TPSA) is 119 Å². The number of hydrogen-bond acceptors (Lipinski definition) is 5. The van der Waals surface area contributed by atoms with Crippen LogP contribution in [0.1, 0.15) is 10.4 Å². The summed E-state index contributed by atoms with van der Waals surface area (Å²) < 4.78 is 5.00. The number of nitrogens with one attached hydrogen (secondary N) is 2. The molecule has 7 nitrogen and oxygen atoms in total. The first kappa shape index (κ1) is 14.8. The van der Waals surface area contributed by atoms with Crippen molar-refractivity contribution in [2.45, 2.75) is 0 Å². The van der Waals surface area contributed by atoms with Gasteiger partial charge in [0.05, 0.1) is 12.2 Å². The van der Waals surface area contributed by atoms with Crippen LogP contribution in [0.15, 0.2) is 18.2 Å². The monoisotopic (exact) mass is 266 g/mol. The number of ether oxygens (including phenoxy) is 1. The predicted molar refractivity (Wildman–Crippen MR) is 72.7 cm³/mol. The van der Waals surface area contributed by atoms with Crippen molar-refractivity contribution >= 4 is 23.2 Å². The van der Waals surface area contributed by atoms with E-state index in [1.165, 1.54) is 0 Å². The van der Waals surface area contributed by atoms with E-state index < -0.39 is 5.91 Å². The van der Waals surface area contributed by atoms with Crippen LogP contribution >= 0.6 is 0 Å². The first-order valence-corrected chi connectivity index (χ1v) is 5.76. The van der Waals surface area contributed by atoms with E-state index >= 15 is 0 Å². The molecular weight excluding hydrogens is 248 g/mol. The molecule has 19 heavy (non-hydrogen) atoms. The minimum atomic E-state index is -0.519. The first-order valence-electron chi connectivity index (χ1n) is 5.76. The number of anilines is 2. The van der Waals surface area contributed by atoms with Crippen LogP contribution in [0.3, 0.4) is 0 Å². The third-order valence-electron chi connectivity index (χ3n) is 2.32. The Morgan fingerprint density at radius 3 is 2.74 bits per heavy atom. The Hall–Kier alpha value is -2.28. The summed E-state index contributed by atoms with van der Waals surface area (Å²) in [6, 6.07) is 4.96. The minimum Gasteiger partial charge on any atom is -0.399 e. The number of benzene rings is 1. The summed E-state index contributed by atoms with van der Waals surface area (Å²) in [5.74, 6) is -0.726. The number of amides is 2. The van der Waals surface area contributed by atoms with E-state index in [9.17, 15) is 9.59 Å². The van der Waals surface area contributed by atoms with Gasteiger partial charge in [0.25, 0.3) is 5.91 Å². The van der Waals surface area contributed by atoms with E-state index in [1.54, 1.807) is 25.2 Å². The summed E-state index contributed by atoms with van der Waals surface area (Å²) in [7, 11) is 1.55. The van der Waals surface area contributed by atoms with Gasteiger partial charge < -0.3 is 26.8 Å². The fraction of sp³-hybridized carbons (Fsp3) is 0.333. The molecule has 0 aliphatic rings. The number of rotatable bonds is 7. The highest BCUT2D eigenvalue weighted by Crippen LogP contribution is 2.18. The third kappa shape index (κ3) is 4.84. The van der Waals surface area contributed by atoms with Crippen molar-refractivity contribution in [1.82, 2.24) is 5.32 Å². The zero-order chi connectivity index (χ0) is 14.3. The van der Waals surface area contributed by atoms with Crippen molar-refractivity contribution in [3.05, 3.63) is 23.8 Å². The number of nitrogen functional groups attached to an aromatic ring is 1. The third-order valence-corrected chi connectivity index (χ3v) is 2.32. The van der Waals surface area contributed by atoms with E-state index in [4.69, 9.17) is 16.2 Å². The van der Waals surface area contributed by atoms with Crippen molar-refractivity contribution < 1.29 is 14.3 Å². The maximum atomic E-state index is 11.6. The lowest BCUT2D eigenvalue weighted by atomic mass is 10.1. The molecule has 0 radical (unpaired) electrons. The van der Waals surface area contributed by atoms with Gasteiger partial charge in [0, 0.05) is 25.0 Å². The number of carbonyl (C=O) groups is 2. The van der Waals surface area contributed by atoms with Crippen LogP contribution in [-0.4, -0.2) is 38.6 Å². The number of carbonyl (C=O) groups excluding carboxylic acids is 2. The second-order valence-corrected chi connectivity index (χ2v) is 3.83. The van der Waals surface area contributed by atoms with E-state index in [2.05, 4.69) is 10.6 Å².